The maximum Gasteiger partial charge on any atom is 0.191 e. The zero-order valence-corrected chi connectivity index (χ0v) is 20.4. The number of anilines is 1. The van der Waals surface area contributed by atoms with Crippen molar-refractivity contribution in [2.75, 3.05) is 24.3 Å². The average Bonchev–Trinajstić information content (AvgIpc) is 3.41. The van der Waals surface area contributed by atoms with E-state index in [1.54, 1.807) is 6.07 Å². The molecule has 4 N–H and O–H groups in total. The summed E-state index contributed by atoms with van der Waals surface area (Å²) >= 11 is 1.48. The number of benzene rings is 1. The van der Waals surface area contributed by atoms with Crippen molar-refractivity contribution in [3.8, 4) is 0 Å². The number of fused-ring (bicyclic) bond motifs is 1. The third kappa shape index (κ3) is 4.90. The third-order valence-corrected chi connectivity index (χ3v) is 7.61. The van der Waals surface area contributed by atoms with Gasteiger partial charge in [-0.25, -0.2) is 23.4 Å². The summed E-state index contributed by atoms with van der Waals surface area (Å²) in [5.41, 5.74) is 1.53. The van der Waals surface area contributed by atoms with Gasteiger partial charge in [-0.05, 0) is 30.5 Å². The predicted octanol–water partition coefficient (Wildman–Crippen LogP) is 2.01. The number of nitrogens with zero attached hydrogens (tertiary/aromatic N) is 5. The van der Waals surface area contributed by atoms with Crippen LogP contribution < -0.4 is 5.32 Å². The van der Waals surface area contributed by atoms with Gasteiger partial charge in [0.25, 0.3) is 0 Å². The molecule has 0 bridgehead atoms. The van der Waals surface area contributed by atoms with E-state index in [1.165, 1.54) is 22.5 Å². The van der Waals surface area contributed by atoms with Gasteiger partial charge in [-0.1, -0.05) is 30.0 Å². The van der Waals surface area contributed by atoms with Gasteiger partial charge in [-0.2, -0.15) is 0 Å². The number of aliphatic hydroxyl groups excluding tert-OH is 3. The molecule has 6 atom stereocenters. The Labute approximate surface area is 210 Å². The minimum absolute atomic E-state index is 0.00291. The second kappa shape index (κ2) is 10.5. The summed E-state index contributed by atoms with van der Waals surface area (Å²) < 4.78 is 34.0. The lowest BCUT2D eigenvalue weighted by Crippen LogP contribution is -2.33. The molecular weight excluding hydrogens is 494 g/mol. The van der Waals surface area contributed by atoms with Crippen LogP contribution in [0, 0.1) is 11.6 Å². The van der Waals surface area contributed by atoms with E-state index in [4.69, 9.17) is 9.84 Å². The Balaban J connectivity index is 1.43. The van der Waals surface area contributed by atoms with Gasteiger partial charge >= 0.3 is 0 Å². The van der Waals surface area contributed by atoms with E-state index in [-0.39, 0.29) is 31.6 Å². The highest BCUT2D eigenvalue weighted by Gasteiger charge is 2.45. The van der Waals surface area contributed by atoms with Crippen LogP contribution in [0.3, 0.4) is 0 Å². The Morgan fingerprint density at radius 3 is 2.75 bits per heavy atom. The molecule has 0 radical (unpaired) electrons. The van der Waals surface area contributed by atoms with Crippen molar-refractivity contribution in [1.82, 2.24) is 25.0 Å². The van der Waals surface area contributed by atoms with E-state index in [1.807, 2.05) is 0 Å². The Morgan fingerprint density at radius 2 is 2.00 bits per heavy atom. The summed E-state index contributed by atoms with van der Waals surface area (Å²) in [5, 5.41) is 42.5. The minimum Gasteiger partial charge on any atom is -0.394 e. The molecule has 1 unspecified atom stereocenters. The molecule has 2 heterocycles. The molecule has 1 aromatic carbocycles. The lowest BCUT2D eigenvalue weighted by molar-refractivity contribution is -0.0629. The van der Waals surface area contributed by atoms with Crippen molar-refractivity contribution < 1.29 is 28.8 Å². The van der Waals surface area contributed by atoms with Gasteiger partial charge in [-0.15, -0.1) is 5.10 Å². The molecule has 5 rings (SSSR count). The monoisotopic (exact) mass is 522 g/mol. The molecule has 0 saturated heterocycles. The second-order valence-electron chi connectivity index (χ2n) is 9.09. The molecule has 2 fully saturated rings. The minimum atomic E-state index is -1.15. The fourth-order valence-electron chi connectivity index (χ4n) is 4.61. The average molecular weight is 523 g/mol. The Bertz CT molecular complexity index is 1230. The van der Waals surface area contributed by atoms with Crippen molar-refractivity contribution in [3.05, 3.63) is 35.4 Å². The first-order valence-corrected chi connectivity index (χ1v) is 13.0. The van der Waals surface area contributed by atoms with Crippen molar-refractivity contribution in [1.29, 1.82) is 0 Å². The maximum atomic E-state index is 13.7. The topological polar surface area (TPSA) is 138 Å². The molecule has 2 aliphatic carbocycles. The van der Waals surface area contributed by atoms with E-state index < -0.39 is 36.0 Å². The number of nitrogens with one attached hydrogen (secondary N) is 1. The molecule has 2 aliphatic rings. The molecule has 0 aliphatic heterocycles. The molecule has 36 heavy (non-hydrogen) atoms. The lowest BCUT2D eigenvalue weighted by Gasteiger charge is -2.17. The number of rotatable bonds is 10. The maximum absolute atomic E-state index is 13.7. The summed E-state index contributed by atoms with van der Waals surface area (Å²) in [6.45, 7) is 1.91. The van der Waals surface area contributed by atoms with Crippen molar-refractivity contribution in [3.63, 3.8) is 0 Å². The van der Waals surface area contributed by atoms with Crippen LogP contribution in [0.4, 0.5) is 14.6 Å². The summed E-state index contributed by atoms with van der Waals surface area (Å²) in [4.78, 5) is 9.27. The van der Waals surface area contributed by atoms with Crippen LogP contribution in [0.2, 0.25) is 0 Å². The molecule has 13 heteroatoms. The number of hydrogen-bond donors (Lipinski definition) is 4. The first kappa shape index (κ1) is 25.2. The summed E-state index contributed by atoms with van der Waals surface area (Å²) in [6.07, 6.45) is -1.04. The Morgan fingerprint density at radius 1 is 1.17 bits per heavy atom. The zero-order valence-electron chi connectivity index (χ0n) is 19.6. The number of ether oxygens (including phenoxy) is 1. The largest absolute Gasteiger partial charge is 0.394 e. The zero-order chi connectivity index (χ0) is 25.4. The Hall–Kier alpha value is -2.45. The highest BCUT2D eigenvalue weighted by Crippen LogP contribution is 2.44. The van der Waals surface area contributed by atoms with Gasteiger partial charge in [0.1, 0.15) is 12.2 Å². The summed E-state index contributed by atoms with van der Waals surface area (Å²) in [5.74, 6) is -0.472. The molecule has 2 aromatic heterocycles. The number of hydrogen-bond acceptors (Lipinski definition) is 10. The normalized spacial score (nSPS) is 27.6. The fraction of sp³-hybridized carbons (Fsp3) is 0.565. The van der Waals surface area contributed by atoms with E-state index in [2.05, 4.69) is 32.5 Å². The summed E-state index contributed by atoms with van der Waals surface area (Å²) in [6, 6.07) is 3.26. The van der Waals surface area contributed by atoms with Crippen molar-refractivity contribution in [2.45, 2.75) is 67.7 Å². The van der Waals surface area contributed by atoms with Crippen molar-refractivity contribution in [2.24, 2.45) is 0 Å². The molecular formula is C23H28F2N6O4S. The van der Waals surface area contributed by atoms with Gasteiger partial charge < -0.3 is 25.4 Å². The SMILES string of the molecule is CCCSc1nc(NC2C[C@H]2c2ccc(F)c(F)c2)c2nnn([C@@H]3C[C@H](OCCO)[C@@H](O)[C@H]3O)c2n1. The van der Waals surface area contributed by atoms with Gasteiger partial charge in [0, 0.05) is 24.1 Å². The number of thioether (sulfide) groups is 1. The fourth-order valence-corrected chi connectivity index (χ4v) is 5.31. The first-order valence-electron chi connectivity index (χ1n) is 12.0. The van der Waals surface area contributed by atoms with Crippen LogP contribution in [0.25, 0.3) is 11.2 Å². The lowest BCUT2D eigenvalue weighted by atomic mass is 10.1. The highest BCUT2D eigenvalue weighted by molar-refractivity contribution is 7.99. The van der Waals surface area contributed by atoms with E-state index >= 15 is 0 Å². The molecule has 2 saturated carbocycles. The van der Waals surface area contributed by atoms with Gasteiger partial charge in [0.2, 0.25) is 0 Å². The van der Waals surface area contributed by atoms with E-state index in [0.717, 1.165) is 24.7 Å². The quantitative estimate of drug-likeness (QED) is 0.231. The number of halogens is 2. The molecule has 10 nitrogen and oxygen atoms in total. The highest BCUT2D eigenvalue weighted by atomic mass is 32.2. The van der Waals surface area contributed by atoms with Crippen LogP contribution in [-0.2, 0) is 4.74 Å². The van der Waals surface area contributed by atoms with Gasteiger partial charge in [0.15, 0.2) is 33.8 Å². The smallest absolute Gasteiger partial charge is 0.191 e. The van der Waals surface area contributed by atoms with Crippen LogP contribution in [0.15, 0.2) is 23.4 Å². The van der Waals surface area contributed by atoms with E-state index in [0.29, 0.717) is 27.7 Å². The van der Waals surface area contributed by atoms with E-state index in [9.17, 15) is 19.0 Å². The Kier molecular flexibility index (Phi) is 7.35. The predicted molar refractivity (Wildman–Crippen MR) is 128 cm³/mol. The number of aromatic nitrogens is 5. The van der Waals surface area contributed by atoms with Crippen LogP contribution in [0.1, 0.15) is 43.7 Å². The van der Waals surface area contributed by atoms with Crippen LogP contribution in [-0.4, -0.2) is 83.6 Å². The van der Waals surface area contributed by atoms with Gasteiger partial charge in [-0.3, -0.25) is 0 Å². The van der Waals surface area contributed by atoms with Crippen LogP contribution in [0.5, 0.6) is 0 Å². The molecule has 194 valence electrons. The van der Waals surface area contributed by atoms with Crippen molar-refractivity contribution >= 4 is 28.7 Å². The third-order valence-electron chi connectivity index (χ3n) is 6.56. The second-order valence-corrected chi connectivity index (χ2v) is 10.2. The summed E-state index contributed by atoms with van der Waals surface area (Å²) in [7, 11) is 0. The number of aliphatic hydroxyl groups is 3. The molecule has 0 amide bonds. The first-order chi connectivity index (χ1) is 17.4. The molecule has 3 aromatic rings. The molecule has 0 spiro atoms. The van der Waals surface area contributed by atoms with Gasteiger partial charge in [0.05, 0.1) is 25.4 Å². The standard InChI is InChI=1S/C23H28F2N6O4S/c1-2-7-36-23-27-21(26-15-9-12(15)11-3-4-13(24)14(25)8-11)18-22(28-23)31(30-29-18)16-10-17(35-6-5-32)20(34)19(16)33/h3-4,8,12,15-17,19-20,32-34H,2,5-7,9-10H2,1H3,(H,26,27,28)/t12-,15?,16+,17-,19-,20+/m0/s1. The van der Waals surface area contributed by atoms with Crippen LogP contribution >= 0.6 is 11.8 Å².